The minimum absolute atomic E-state index is 0.0554. The minimum Gasteiger partial charge on any atom is -0.467 e. The number of amides is 4. The molecule has 3 aromatic rings. The van der Waals surface area contributed by atoms with E-state index in [1.807, 2.05) is 44.2 Å². The van der Waals surface area contributed by atoms with E-state index in [0.717, 1.165) is 10.5 Å². The van der Waals surface area contributed by atoms with Crippen LogP contribution in [0.3, 0.4) is 0 Å². The van der Waals surface area contributed by atoms with E-state index < -0.39 is 47.5 Å². The van der Waals surface area contributed by atoms with Crippen LogP contribution in [0, 0.1) is 17.8 Å². The summed E-state index contributed by atoms with van der Waals surface area (Å²) in [6, 6.07) is 17.5. The number of imide groups is 1. The molecule has 2 N–H and O–H groups in total. The number of nitrogens with one attached hydrogen (secondary N) is 2. The quantitative estimate of drug-likeness (QED) is 0.177. The van der Waals surface area contributed by atoms with E-state index in [1.54, 1.807) is 36.4 Å². The molecule has 4 amide bonds. The lowest BCUT2D eigenvalue weighted by atomic mass is 9.83. The van der Waals surface area contributed by atoms with Gasteiger partial charge in [0.1, 0.15) is 0 Å². The van der Waals surface area contributed by atoms with Crippen molar-refractivity contribution in [2.45, 2.75) is 32.9 Å². The zero-order chi connectivity index (χ0) is 30.9. The van der Waals surface area contributed by atoms with E-state index in [9.17, 15) is 24.0 Å². The third-order valence-corrected chi connectivity index (χ3v) is 7.16. The topological polar surface area (TPSA) is 144 Å². The molecule has 0 aliphatic carbocycles. The average molecular weight is 587 g/mol. The first-order valence-electron chi connectivity index (χ1n) is 13.9. The van der Waals surface area contributed by atoms with Crippen LogP contribution >= 0.6 is 0 Å². The highest BCUT2D eigenvalue weighted by Gasteiger charge is 2.43. The Hall–Kier alpha value is -4.90. The molecule has 11 nitrogen and oxygen atoms in total. The number of methoxy groups -OCH3 is 1. The Morgan fingerprint density at radius 3 is 2.02 bits per heavy atom. The molecule has 2 heterocycles. The number of fused-ring (bicyclic) bond motifs is 1. The van der Waals surface area contributed by atoms with Crippen LogP contribution in [0.5, 0.6) is 0 Å². The molecular weight excluding hydrogens is 552 g/mol. The summed E-state index contributed by atoms with van der Waals surface area (Å²) in [5.41, 5.74) is 4.10. The predicted octanol–water partition coefficient (Wildman–Crippen LogP) is 3.23. The number of hydrogen-bond acceptors (Lipinski definition) is 8. The van der Waals surface area contributed by atoms with Crippen LogP contribution in [0.15, 0.2) is 79.1 Å². The van der Waals surface area contributed by atoms with E-state index in [-0.39, 0.29) is 36.6 Å². The van der Waals surface area contributed by atoms with E-state index in [4.69, 9.17) is 9.57 Å². The summed E-state index contributed by atoms with van der Waals surface area (Å²) >= 11 is 0. The van der Waals surface area contributed by atoms with Gasteiger partial charge in [-0.15, -0.1) is 0 Å². The third-order valence-electron chi connectivity index (χ3n) is 7.16. The Morgan fingerprint density at radius 2 is 1.44 bits per heavy atom. The average Bonchev–Trinajstić information content (AvgIpc) is 3.26. The van der Waals surface area contributed by atoms with Crippen LogP contribution in [0.2, 0.25) is 0 Å². The Bertz CT molecular complexity index is 1430. The van der Waals surface area contributed by atoms with Gasteiger partial charge < -0.3 is 10.1 Å². The SMILES string of the molecule is COC(=O)[C@@H](NC(=O)[C@@H](CC(C)C)[C@H](CN1C(=O)c2ccccc2C1=O)C(=O)NOCc1ccccc1)c1ccncc1. The Morgan fingerprint density at radius 1 is 0.837 bits per heavy atom. The van der Waals surface area contributed by atoms with Crippen molar-refractivity contribution in [1.29, 1.82) is 0 Å². The van der Waals surface area contributed by atoms with Gasteiger partial charge in [-0.2, -0.15) is 0 Å². The van der Waals surface area contributed by atoms with Gasteiger partial charge in [0.2, 0.25) is 11.8 Å². The molecule has 11 heteroatoms. The normalized spacial score (nSPS) is 14.6. The summed E-state index contributed by atoms with van der Waals surface area (Å²) in [7, 11) is 1.21. The van der Waals surface area contributed by atoms with Crippen molar-refractivity contribution in [1.82, 2.24) is 20.7 Å². The number of pyridine rings is 1. The molecule has 0 radical (unpaired) electrons. The van der Waals surface area contributed by atoms with Crippen molar-refractivity contribution in [2.24, 2.45) is 17.8 Å². The zero-order valence-corrected chi connectivity index (χ0v) is 24.2. The maximum Gasteiger partial charge on any atom is 0.333 e. The lowest BCUT2D eigenvalue weighted by Gasteiger charge is -2.30. The molecule has 0 bridgehead atoms. The van der Waals surface area contributed by atoms with Gasteiger partial charge in [-0.3, -0.25) is 33.9 Å². The highest BCUT2D eigenvalue weighted by atomic mass is 16.6. The van der Waals surface area contributed by atoms with Gasteiger partial charge in [0.25, 0.3) is 11.8 Å². The molecule has 224 valence electrons. The van der Waals surface area contributed by atoms with Crippen molar-refractivity contribution in [3.8, 4) is 0 Å². The molecule has 43 heavy (non-hydrogen) atoms. The summed E-state index contributed by atoms with van der Waals surface area (Å²) in [4.78, 5) is 77.3. The molecule has 1 aromatic heterocycles. The first-order chi connectivity index (χ1) is 20.7. The van der Waals surface area contributed by atoms with Gasteiger partial charge in [-0.1, -0.05) is 56.3 Å². The zero-order valence-electron chi connectivity index (χ0n) is 24.2. The van der Waals surface area contributed by atoms with Crippen LogP contribution in [-0.4, -0.2) is 53.1 Å². The fraction of sp³-hybridized carbons (Fsp3) is 0.312. The van der Waals surface area contributed by atoms with Crippen molar-refractivity contribution in [3.05, 3.63) is 101 Å². The van der Waals surface area contributed by atoms with Gasteiger partial charge >= 0.3 is 5.97 Å². The number of hydroxylamine groups is 1. The molecule has 1 aliphatic heterocycles. The van der Waals surface area contributed by atoms with Crippen LogP contribution in [0.25, 0.3) is 0 Å². The maximum absolute atomic E-state index is 13.9. The molecule has 0 saturated heterocycles. The predicted molar refractivity (Wildman–Crippen MR) is 155 cm³/mol. The number of benzene rings is 2. The molecule has 0 unspecified atom stereocenters. The molecule has 4 rings (SSSR count). The van der Waals surface area contributed by atoms with Gasteiger partial charge in [0, 0.05) is 18.9 Å². The molecule has 0 spiro atoms. The van der Waals surface area contributed by atoms with Crippen molar-refractivity contribution in [2.75, 3.05) is 13.7 Å². The number of carbonyl (C=O) groups excluding carboxylic acids is 5. The number of ether oxygens (including phenoxy) is 1. The summed E-state index contributed by atoms with van der Waals surface area (Å²) in [5.74, 6) is -5.48. The molecule has 2 aromatic carbocycles. The Kier molecular flexibility index (Phi) is 10.3. The molecule has 0 saturated carbocycles. The van der Waals surface area contributed by atoms with Crippen LogP contribution in [-0.2, 0) is 30.6 Å². The Balaban J connectivity index is 1.64. The van der Waals surface area contributed by atoms with Crippen LogP contribution < -0.4 is 10.8 Å². The first-order valence-corrected chi connectivity index (χ1v) is 13.9. The van der Waals surface area contributed by atoms with Gasteiger partial charge in [-0.05, 0) is 47.7 Å². The number of nitrogens with zero attached hydrogens (tertiary/aromatic N) is 2. The Labute approximate surface area is 249 Å². The van der Waals surface area contributed by atoms with E-state index in [2.05, 4.69) is 15.8 Å². The summed E-state index contributed by atoms with van der Waals surface area (Å²) in [5, 5.41) is 2.72. The summed E-state index contributed by atoms with van der Waals surface area (Å²) < 4.78 is 4.93. The van der Waals surface area contributed by atoms with Crippen molar-refractivity contribution < 1.29 is 33.5 Å². The van der Waals surface area contributed by atoms with Gasteiger partial charge in [0.15, 0.2) is 6.04 Å². The standard InChI is InChI=1S/C32H34N4O7/c1-20(2)17-25(28(37)34-27(32(41)42-3)22-13-15-33-16-14-22)26(29(38)35-43-19-21-9-5-4-6-10-21)18-36-30(39)23-11-7-8-12-24(23)31(36)40/h4-16,20,25-27H,17-19H2,1-3H3,(H,34,37)(H,35,38)/t25-,26-,27-/m0/s1. The highest BCUT2D eigenvalue weighted by molar-refractivity contribution is 6.21. The smallest absolute Gasteiger partial charge is 0.333 e. The number of carbonyl (C=O) groups is 5. The number of aromatic nitrogens is 1. The number of hydrogen-bond donors (Lipinski definition) is 2. The second kappa shape index (κ2) is 14.3. The summed E-state index contributed by atoms with van der Waals surface area (Å²) in [6.45, 7) is 3.43. The lowest BCUT2D eigenvalue weighted by molar-refractivity contribution is -0.148. The molecule has 0 fully saturated rings. The summed E-state index contributed by atoms with van der Waals surface area (Å²) in [6.07, 6.45) is 3.16. The van der Waals surface area contributed by atoms with E-state index in [0.29, 0.717) is 5.56 Å². The van der Waals surface area contributed by atoms with Crippen LogP contribution in [0.1, 0.15) is 58.2 Å². The highest BCUT2D eigenvalue weighted by Crippen LogP contribution is 2.29. The van der Waals surface area contributed by atoms with E-state index >= 15 is 0 Å². The third kappa shape index (κ3) is 7.49. The molecular formula is C32H34N4O7. The molecule has 1 aliphatic rings. The monoisotopic (exact) mass is 586 g/mol. The van der Waals surface area contributed by atoms with Crippen LogP contribution in [0.4, 0.5) is 0 Å². The second-order valence-electron chi connectivity index (χ2n) is 10.6. The largest absolute Gasteiger partial charge is 0.467 e. The molecule has 3 atom stereocenters. The van der Waals surface area contributed by atoms with Gasteiger partial charge in [-0.25, -0.2) is 10.3 Å². The first kappa shape index (κ1) is 31.0. The fourth-order valence-electron chi connectivity index (χ4n) is 5.00. The van der Waals surface area contributed by atoms with E-state index in [1.165, 1.54) is 19.5 Å². The minimum atomic E-state index is -1.21. The number of rotatable bonds is 13. The lowest BCUT2D eigenvalue weighted by Crippen LogP contribution is -2.50. The van der Waals surface area contributed by atoms with Crippen molar-refractivity contribution >= 4 is 29.6 Å². The van der Waals surface area contributed by atoms with Crippen molar-refractivity contribution in [3.63, 3.8) is 0 Å². The second-order valence-corrected chi connectivity index (χ2v) is 10.6. The fourth-order valence-corrected chi connectivity index (χ4v) is 5.00. The maximum atomic E-state index is 13.9. The number of esters is 1. The van der Waals surface area contributed by atoms with Gasteiger partial charge in [0.05, 0.1) is 36.7 Å².